The van der Waals surface area contributed by atoms with Crippen LogP contribution in [0.2, 0.25) is 0 Å². The molecule has 2 rings (SSSR count). The van der Waals surface area contributed by atoms with Crippen LogP contribution in [0.25, 0.3) is 0 Å². The van der Waals surface area contributed by atoms with E-state index in [2.05, 4.69) is 21.1 Å². The second-order valence-corrected chi connectivity index (χ2v) is 5.66. The lowest BCUT2D eigenvalue weighted by Gasteiger charge is -2.34. The van der Waals surface area contributed by atoms with Crippen LogP contribution in [0.4, 0.5) is 0 Å². The fourth-order valence-electron chi connectivity index (χ4n) is 2.48. The van der Waals surface area contributed by atoms with Crippen molar-refractivity contribution < 1.29 is 9.32 Å². The molecule has 0 spiro atoms. The zero-order valence-corrected chi connectivity index (χ0v) is 12.0. The molecule has 0 N–H and O–H groups in total. The van der Waals surface area contributed by atoms with Gasteiger partial charge >= 0.3 is 0 Å². The van der Waals surface area contributed by atoms with Crippen LogP contribution in [0.3, 0.4) is 0 Å². The minimum Gasteiger partial charge on any atom is -0.361 e. The van der Waals surface area contributed by atoms with Crippen LogP contribution in [0, 0.1) is 13.8 Å². The average molecular weight is 301 g/mol. The van der Waals surface area contributed by atoms with Crippen molar-refractivity contribution >= 4 is 21.8 Å². The lowest BCUT2D eigenvalue weighted by atomic mass is 10.0. The van der Waals surface area contributed by atoms with Gasteiger partial charge < -0.3 is 9.42 Å². The lowest BCUT2D eigenvalue weighted by Crippen LogP contribution is -2.43. The topological polar surface area (TPSA) is 46.3 Å². The molecule has 1 aromatic rings. The van der Waals surface area contributed by atoms with Gasteiger partial charge in [0.15, 0.2) is 0 Å². The summed E-state index contributed by atoms with van der Waals surface area (Å²) in [6.07, 6.45) is 1.96. The van der Waals surface area contributed by atoms with Crippen molar-refractivity contribution in [1.29, 1.82) is 0 Å². The molecule has 94 valence electrons. The van der Waals surface area contributed by atoms with E-state index in [0.717, 1.165) is 36.4 Å². The highest BCUT2D eigenvalue weighted by atomic mass is 79.9. The van der Waals surface area contributed by atoms with Crippen molar-refractivity contribution in [3.63, 3.8) is 0 Å². The largest absolute Gasteiger partial charge is 0.361 e. The molecule has 5 heteroatoms. The number of likely N-dealkylation sites (tertiary alicyclic amines) is 1. The predicted octanol–water partition coefficient (Wildman–Crippen LogP) is 2.74. The van der Waals surface area contributed by atoms with Gasteiger partial charge in [-0.2, -0.15) is 0 Å². The summed E-state index contributed by atoms with van der Waals surface area (Å²) in [6, 6.07) is 0.0362. The first-order chi connectivity index (χ1) is 8.02. The lowest BCUT2D eigenvalue weighted by molar-refractivity contribution is -0.134. The Morgan fingerprint density at radius 2 is 2.24 bits per heavy atom. The van der Waals surface area contributed by atoms with Gasteiger partial charge in [0.05, 0.1) is 16.6 Å². The normalized spacial score (nSPS) is 22.9. The molecule has 2 atom stereocenters. The van der Waals surface area contributed by atoms with Crippen LogP contribution in [-0.2, 0) is 4.79 Å². The average Bonchev–Trinajstić information content (AvgIpc) is 2.62. The van der Waals surface area contributed by atoms with E-state index in [0.29, 0.717) is 0 Å². The number of carbonyl (C=O) groups excluding carboxylic acids is 1. The molecule has 1 fully saturated rings. The van der Waals surface area contributed by atoms with Crippen molar-refractivity contribution in [3.8, 4) is 0 Å². The standard InChI is InChI=1S/C12H17BrN2O2/c1-7-11(9(3)17-14-7)8(2)15-6-4-5-10(13)12(15)16/h8,10H,4-6H2,1-3H3. The summed E-state index contributed by atoms with van der Waals surface area (Å²) in [7, 11) is 0. The first-order valence-electron chi connectivity index (χ1n) is 5.89. The van der Waals surface area contributed by atoms with E-state index in [-0.39, 0.29) is 16.8 Å². The van der Waals surface area contributed by atoms with Gasteiger partial charge in [0.2, 0.25) is 5.91 Å². The van der Waals surface area contributed by atoms with E-state index in [1.807, 2.05) is 25.7 Å². The highest BCUT2D eigenvalue weighted by Gasteiger charge is 2.32. The van der Waals surface area contributed by atoms with Crippen LogP contribution in [0.5, 0.6) is 0 Å². The Labute approximate surface area is 109 Å². The maximum absolute atomic E-state index is 12.1. The third-order valence-electron chi connectivity index (χ3n) is 3.38. The van der Waals surface area contributed by atoms with Crippen molar-refractivity contribution in [2.75, 3.05) is 6.54 Å². The highest BCUT2D eigenvalue weighted by molar-refractivity contribution is 9.10. The van der Waals surface area contributed by atoms with E-state index in [4.69, 9.17) is 4.52 Å². The second kappa shape index (κ2) is 4.80. The molecule has 1 aliphatic rings. The van der Waals surface area contributed by atoms with Gasteiger partial charge in [0.25, 0.3) is 0 Å². The molecule has 1 aliphatic heterocycles. The Bertz CT molecular complexity index is 411. The van der Waals surface area contributed by atoms with Crippen molar-refractivity contribution in [3.05, 3.63) is 17.0 Å². The van der Waals surface area contributed by atoms with Gasteiger partial charge in [0, 0.05) is 12.1 Å². The van der Waals surface area contributed by atoms with Gasteiger partial charge in [0.1, 0.15) is 5.76 Å². The smallest absolute Gasteiger partial charge is 0.236 e. The van der Waals surface area contributed by atoms with E-state index < -0.39 is 0 Å². The predicted molar refractivity (Wildman–Crippen MR) is 68.1 cm³/mol. The maximum Gasteiger partial charge on any atom is 0.236 e. The van der Waals surface area contributed by atoms with Crippen molar-refractivity contribution in [2.45, 2.75) is 44.5 Å². The van der Waals surface area contributed by atoms with E-state index in [9.17, 15) is 4.79 Å². The summed E-state index contributed by atoms with van der Waals surface area (Å²) in [4.78, 5) is 14.0. The number of hydrogen-bond acceptors (Lipinski definition) is 3. The molecular formula is C12H17BrN2O2. The summed E-state index contributed by atoms with van der Waals surface area (Å²) in [5.74, 6) is 0.975. The van der Waals surface area contributed by atoms with Crippen LogP contribution < -0.4 is 0 Å². The molecule has 1 aromatic heterocycles. The summed E-state index contributed by atoms with van der Waals surface area (Å²) in [5.41, 5.74) is 1.92. The molecule has 1 amide bonds. The Kier molecular flexibility index (Phi) is 3.56. The molecule has 0 aliphatic carbocycles. The van der Waals surface area contributed by atoms with E-state index in [1.54, 1.807) is 0 Å². The summed E-state index contributed by atoms with van der Waals surface area (Å²) in [6.45, 7) is 6.66. The molecule has 0 saturated carbocycles. The monoisotopic (exact) mass is 300 g/mol. The minimum atomic E-state index is -0.0424. The Balaban J connectivity index is 2.25. The fourth-order valence-corrected chi connectivity index (χ4v) is 3.07. The number of piperidine rings is 1. The van der Waals surface area contributed by atoms with Crippen LogP contribution >= 0.6 is 15.9 Å². The van der Waals surface area contributed by atoms with Gasteiger partial charge in [-0.15, -0.1) is 0 Å². The van der Waals surface area contributed by atoms with Crippen LogP contribution in [-0.4, -0.2) is 27.3 Å². The van der Waals surface area contributed by atoms with Crippen LogP contribution in [0.15, 0.2) is 4.52 Å². The summed E-state index contributed by atoms with van der Waals surface area (Å²) in [5, 5.41) is 3.95. The molecule has 0 radical (unpaired) electrons. The molecule has 4 nitrogen and oxygen atoms in total. The van der Waals surface area contributed by atoms with Crippen molar-refractivity contribution in [1.82, 2.24) is 10.1 Å². The summed E-state index contributed by atoms with van der Waals surface area (Å²) >= 11 is 3.43. The molecule has 2 unspecified atom stereocenters. The summed E-state index contributed by atoms with van der Waals surface area (Å²) < 4.78 is 5.17. The number of alkyl halides is 1. The molecular weight excluding hydrogens is 284 g/mol. The van der Waals surface area contributed by atoms with Gasteiger partial charge in [-0.25, -0.2) is 0 Å². The third kappa shape index (κ3) is 2.25. The highest BCUT2D eigenvalue weighted by Crippen LogP contribution is 2.30. The second-order valence-electron chi connectivity index (χ2n) is 4.56. The zero-order chi connectivity index (χ0) is 12.6. The molecule has 0 aromatic carbocycles. The quantitative estimate of drug-likeness (QED) is 0.789. The Morgan fingerprint density at radius 3 is 2.82 bits per heavy atom. The number of aryl methyl sites for hydroxylation is 2. The number of halogens is 1. The Morgan fingerprint density at radius 1 is 1.53 bits per heavy atom. The number of amides is 1. The number of aromatic nitrogens is 1. The SMILES string of the molecule is Cc1noc(C)c1C(C)N1CCCC(Br)C1=O. The third-order valence-corrected chi connectivity index (χ3v) is 4.23. The van der Waals surface area contributed by atoms with Crippen LogP contribution in [0.1, 0.15) is 42.8 Å². The van der Waals surface area contributed by atoms with Gasteiger partial charge in [-0.3, -0.25) is 4.79 Å². The minimum absolute atomic E-state index is 0.0362. The number of rotatable bonds is 2. The molecule has 2 heterocycles. The van der Waals surface area contributed by atoms with Crippen molar-refractivity contribution in [2.24, 2.45) is 0 Å². The van der Waals surface area contributed by atoms with E-state index >= 15 is 0 Å². The number of hydrogen-bond donors (Lipinski definition) is 0. The zero-order valence-electron chi connectivity index (χ0n) is 10.4. The first-order valence-corrected chi connectivity index (χ1v) is 6.81. The molecule has 17 heavy (non-hydrogen) atoms. The maximum atomic E-state index is 12.1. The van der Waals surface area contributed by atoms with E-state index in [1.165, 1.54) is 0 Å². The van der Waals surface area contributed by atoms with Gasteiger partial charge in [-0.1, -0.05) is 21.1 Å². The van der Waals surface area contributed by atoms with Gasteiger partial charge in [-0.05, 0) is 33.6 Å². The fraction of sp³-hybridized carbons (Fsp3) is 0.667. The number of carbonyl (C=O) groups is 1. The molecule has 1 saturated heterocycles. The molecule has 0 bridgehead atoms. The number of nitrogens with zero attached hydrogens (tertiary/aromatic N) is 2. The first kappa shape index (κ1) is 12.6. The Hall–Kier alpha value is -0.840.